The van der Waals surface area contributed by atoms with Crippen LogP contribution < -0.4 is 4.72 Å². The van der Waals surface area contributed by atoms with Gasteiger partial charge in [0.2, 0.25) is 0 Å². The molecule has 3 aromatic carbocycles. The summed E-state index contributed by atoms with van der Waals surface area (Å²) >= 11 is 11.6. The van der Waals surface area contributed by atoms with E-state index in [0.717, 1.165) is 0 Å². The Balaban J connectivity index is 2.07. The third-order valence-electron chi connectivity index (χ3n) is 3.73. The van der Waals surface area contributed by atoms with Crippen molar-refractivity contribution in [1.82, 2.24) is 4.72 Å². The molecular weight excluding hydrogens is 455 g/mol. The van der Waals surface area contributed by atoms with Crippen molar-refractivity contribution in [2.24, 2.45) is 4.40 Å². The minimum atomic E-state index is -4.20. The van der Waals surface area contributed by atoms with Gasteiger partial charge in [0.15, 0.2) is 5.84 Å². The Labute approximate surface area is 178 Å². The zero-order chi connectivity index (χ0) is 21.1. The molecule has 0 saturated heterocycles. The third kappa shape index (κ3) is 5.36. The highest BCUT2D eigenvalue weighted by atomic mass is 35.5. The molecule has 29 heavy (non-hydrogen) atoms. The first-order chi connectivity index (χ1) is 13.7. The molecule has 6 nitrogen and oxygen atoms in total. The number of rotatable bonds is 5. The van der Waals surface area contributed by atoms with Gasteiger partial charge in [0.25, 0.3) is 20.0 Å². The zero-order valence-electron chi connectivity index (χ0n) is 14.7. The van der Waals surface area contributed by atoms with E-state index in [1.807, 2.05) is 0 Å². The van der Waals surface area contributed by atoms with Gasteiger partial charge in [0.1, 0.15) is 0 Å². The number of hydrogen-bond acceptors (Lipinski definition) is 4. The van der Waals surface area contributed by atoms with Gasteiger partial charge in [-0.1, -0.05) is 53.5 Å². The molecule has 0 saturated carbocycles. The Hall–Kier alpha value is -2.39. The summed E-state index contributed by atoms with van der Waals surface area (Å²) in [5.41, 5.74) is 0.280. The lowest BCUT2D eigenvalue weighted by Gasteiger charge is -2.11. The monoisotopic (exact) mass is 468 g/mol. The normalized spacial score (nSPS) is 12.6. The topological polar surface area (TPSA) is 92.7 Å². The molecule has 0 unspecified atom stereocenters. The number of sulfonamides is 2. The second-order valence-corrected chi connectivity index (χ2v) is 9.95. The molecule has 0 amide bonds. The lowest BCUT2D eigenvalue weighted by Crippen LogP contribution is -2.32. The molecule has 0 fully saturated rings. The highest BCUT2D eigenvalue weighted by Gasteiger charge is 2.21. The number of hydrogen-bond donors (Lipinski definition) is 1. The van der Waals surface area contributed by atoms with Gasteiger partial charge >= 0.3 is 0 Å². The van der Waals surface area contributed by atoms with Gasteiger partial charge in [-0.15, -0.1) is 4.40 Å². The van der Waals surface area contributed by atoms with E-state index < -0.39 is 20.0 Å². The summed E-state index contributed by atoms with van der Waals surface area (Å²) in [4.78, 5) is -0.213. The van der Waals surface area contributed by atoms with Crippen LogP contribution in [0.2, 0.25) is 10.0 Å². The summed E-state index contributed by atoms with van der Waals surface area (Å²) in [6, 6.07) is 18.9. The molecule has 0 heterocycles. The van der Waals surface area contributed by atoms with Gasteiger partial charge < -0.3 is 0 Å². The number of halogens is 2. The Morgan fingerprint density at radius 2 is 1.17 bits per heavy atom. The SMILES string of the molecule is O=S(=O)(N=C(NS(=O)(=O)c1ccc(Cl)cc1)c1ccccc1)c1ccc(Cl)cc1. The van der Waals surface area contributed by atoms with Crippen molar-refractivity contribution in [3.63, 3.8) is 0 Å². The summed E-state index contributed by atoms with van der Waals surface area (Å²) in [6.07, 6.45) is 0. The highest BCUT2D eigenvalue weighted by Crippen LogP contribution is 2.18. The number of nitrogens with one attached hydrogen (secondary N) is 1. The molecular formula is C19H14Cl2N2O4S2. The van der Waals surface area contributed by atoms with Crippen LogP contribution >= 0.6 is 23.2 Å². The van der Waals surface area contributed by atoms with Crippen molar-refractivity contribution in [1.29, 1.82) is 0 Å². The van der Waals surface area contributed by atoms with Crippen LogP contribution in [-0.4, -0.2) is 22.7 Å². The Morgan fingerprint density at radius 3 is 1.69 bits per heavy atom. The fourth-order valence-corrected chi connectivity index (χ4v) is 4.62. The Bertz CT molecular complexity index is 1240. The molecule has 0 aliphatic heterocycles. The van der Waals surface area contributed by atoms with Gasteiger partial charge in [-0.2, -0.15) is 8.42 Å². The average Bonchev–Trinajstić information content (AvgIpc) is 2.68. The summed E-state index contributed by atoms with van der Waals surface area (Å²) < 4.78 is 56.9. The van der Waals surface area contributed by atoms with Gasteiger partial charge in [-0.3, -0.25) is 4.72 Å². The quantitative estimate of drug-likeness (QED) is 0.450. The van der Waals surface area contributed by atoms with E-state index in [9.17, 15) is 16.8 Å². The first-order valence-corrected chi connectivity index (χ1v) is 11.8. The van der Waals surface area contributed by atoms with E-state index in [1.54, 1.807) is 30.3 Å². The van der Waals surface area contributed by atoms with Crippen LogP contribution in [0.4, 0.5) is 0 Å². The van der Waals surface area contributed by atoms with Crippen LogP contribution in [0, 0.1) is 0 Å². The average molecular weight is 469 g/mol. The standard InChI is InChI=1S/C19H14Cl2N2O4S2/c20-15-6-10-17(11-7-15)28(24,25)22-19(14-4-2-1-3-5-14)23-29(26,27)18-12-8-16(21)9-13-18/h1-13H,(H,22,23). The Morgan fingerprint density at radius 1 is 0.690 bits per heavy atom. The zero-order valence-corrected chi connectivity index (χ0v) is 17.8. The molecule has 0 radical (unpaired) electrons. The minimum absolute atomic E-state index is 0.0885. The molecule has 1 N–H and O–H groups in total. The Kier molecular flexibility index (Phi) is 6.28. The number of benzene rings is 3. The molecule has 150 valence electrons. The van der Waals surface area contributed by atoms with E-state index in [-0.39, 0.29) is 21.2 Å². The van der Waals surface area contributed by atoms with Crippen molar-refractivity contribution in [2.45, 2.75) is 9.79 Å². The molecule has 10 heteroatoms. The summed E-state index contributed by atoms with van der Waals surface area (Å²) in [7, 11) is -8.32. The lowest BCUT2D eigenvalue weighted by atomic mass is 10.2. The van der Waals surface area contributed by atoms with Crippen LogP contribution in [-0.2, 0) is 20.0 Å². The van der Waals surface area contributed by atoms with E-state index in [4.69, 9.17) is 23.2 Å². The van der Waals surface area contributed by atoms with Crippen molar-refractivity contribution in [3.05, 3.63) is 94.5 Å². The van der Waals surface area contributed by atoms with E-state index in [2.05, 4.69) is 9.12 Å². The predicted octanol–water partition coefficient (Wildman–Crippen LogP) is 4.11. The molecule has 0 aliphatic rings. The fourth-order valence-electron chi connectivity index (χ4n) is 2.31. The van der Waals surface area contributed by atoms with Crippen LogP contribution in [0.3, 0.4) is 0 Å². The van der Waals surface area contributed by atoms with Crippen LogP contribution in [0.15, 0.2) is 93.1 Å². The van der Waals surface area contributed by atoms with Crippen LogP contribution in [0.25, 0.3) is 0 Å². The van der Waals surface area contributed by atoms with Crippen LogP contribution in [0.5, 0.6) is 0 Å². The number of nitrogens with zero attached hydrogens (tertiary/aromatic N) is 1. The summed E-state index contributed by atoms with van der Waals surface area (Å²) in [5.74, 6) is -0.337. The first-order valence-electron chi connectivity index (χ1n) is 8.12. The second kappa shape index (κ2) is 8.54. The summed E-state index contributed by atoms with van der Waals surface area (Å²) in [5, 5.41) is 0.728. The van der Waals surface area contributed by atoms with Crippen LogP contribution in [0.1, 0.15) is 5.56 Å². The summed E-state index contributed by atoms with van der Waals surface area (Å²) in [6.45, 7) is 0. The van der Waals surface area contributed by atoms with E-state index in [1.165, 1.54) is 48.5 Å². The first kappa shape index (κ1) is 21.3. The highest BCUT2D eigenvalue weighted by molar-refractivity contribution is 7.91. The molecule has 3 aromatic rings. The van der Waals surface area contributed by atoms with Gasteiger partial charge in [0.05, 0.1) is 9.79 Å². The smallest absolute Gasteiger partial charge is 0.262 e. The largest absolute Gasteiger partial charge is 0.284 e. The fraction of sp³-hybridized carbons (Fsp3) is 0. The van der Waals surface area contributed by atoms with Gasteiger partial charge in [-0.05, 0) is 48.5 Å². The molecule has 3 rings (SSSR count). The second-order valence-electron chi connectivity index (χ2n) is 5.79. The van der Waals surface area contributed by atoms with Gasteiger partial charge in [-0.25, -0.2) is 8.42 Å². The molecule has 0 atom stereocenters. The maximum atomic E-state index is 12.7. The van der Waals surface area contributed by atoms with Crippen molar-refractivity contribution < 1.29 is 16.8 Å². The van der Waals surface area contributed by atoms with E-state index >= 15 is 0 Å². The maximum absolute atomic E-state index is 12.7. The van der Waals surface area contributed by atoms with Crippen molar-refractivity contribution >= 4 is 49.1 Å². The van der Waals surface area contributed by atoms with Crippen molar-refractivity contribution in [2.75, 3.05) is 0 Å². The minimum Gasteiger partial charge on any atom is -0.262 e. The maximum Gasteiger partial charge on any atom is 0.284 e. The molecule has 0 aromatic heterocycles. The molecule has 0 bridgehead atoms. The predicted molar refractivity (Wildman–Crippen MR) is 113 cm³/mol. The number of amidine groups is 1. The van der Waals surface area contributed by atoms with E-state index in [0.29, 0.717) is 10.0 Å². The molecule has 0 spiro atoms. The third-order valence-corrected chi connectivity index (χ3v) is 6.87. The molecule has 0 aliphatic carbocycles. The van der Waals surface area contributed by atoms with Crippen molar-refractivity contribution in [3.8, 4) is 0 Å². The van der Waals surface area contributed by atoms with Gasteiger partial charge in [0, 0.05) is 15.6 Å². The lowest BCUT2D eigenvalue weighted by molar-refractivity contribution is 0.592.